The van der Waals surface area contributed by atoms with Crippen LogP contribution >= 0.6 is 11.6 Å². The molecule has 1 N–H and O–H groups in total. The molecule has 0 aliphatic carbocycles. The van der Waals surface area contributed by atoms with Gasteiger partial charge in [-0.25, -0.2) is 0 Å². The number of halogens is 1. The molecule has 0 fully saturated rings. The maximum atomic E-state index is 11.7. The third-order valence-corrected chi connectivity index (χ3v) is 2.91. The van der Waals surface area contributed by atoms with E-state index in [1.165, 1.54) is 0 Å². The SMILES string of the molecule is COCCCNC(=O)C(Cl)c1ccc(OC)cc1. The zero-order valence-corrected chi connectivity index (χ0v) is 11.4. The molecule has 0 aliphatic rings. The molecular formula is C13H18ClNO3. The predicted octanol–water partition coefficient (Wildman–Crippen LogP) is 2.13. The molecule has 18 heavy (non-hydrogen) atoms. The van der Waals surface area contributed by atoms with E-state index in [2.05, 4.69) is 5.32 Å². The summed E-state index contributed by atoms with van der Waals surface area (Å²) in [6.07, 6.45) is 0.772. The van der Waals surface area contributed by atoms with Crippen molar-refractivity contribution in [3.05, 3.63) is 29.8 Å². The number of rotatable bonds is 7. The Morgan fingerprint density at radius 3 is 2.56 bits per heavy atom. The zero-order valence-electron chi connectivity index (χ0n) is 10.6. The van der Waals surface area contributed by atoms with E-state index in [0.29, 0.717) is 13.2 Å². The molecule has 1 rings (SSSR count). The summed E-state index contributed by atoms with van der Waals surface area (Å²) in [5.74, 6) is 0.543. The van der Waals surface area contributed by atoms with Gasteiger partial charge >= 0.3 is 0 Å². The fourth-order valence-electron chi connectivity index (χ4n) is 1.44. The van der Waals surface area contributed by atoms with Gasteiger partial charge in [0.15, 0.2) is 0 Å². The molecule has 0 saturated heterocycles. The number of ether oxygens (including phenoxy) is 2. The number of benzene rings is 1. The number of carbonyl (C=O) groups excluding carboxylic acids is 1. The fraction of sp³-hybridized carbons (Fsp3) is 0.462. The van der Waals surface area contributed by atoms with Crippen LogP contribution in [0.3, 0.4) is 0 Å². The Labute approximate surface area is 112 Å². The van der Waals surface area contributed by atoms with Crippen molar-refractivity contribution in [2.75, 3.05) is 27.4 Å². The lowest BCUT2D eigenvalue weighted by molar-refractivity contribution is -0.120. The van der Waals surface area contributed by atoms with Gasteiger partial charge in [-0.05, 0) is 24.1 Å². The first-order chi connectivity index (χ1) is 8.69. The topological polar surface area (TPSA) is 47.6 Å². The lowest BCUT2D eigenvalue weighted by atomic mass is 10.1. The van der Waals surface area contributed by atoms with Gasteiger partial charge in [0, 0.05) is 20.3 Å². The van der Waals surface area contributed by atoms with Gasteiger partial charge in [-0.3, -0.25) is 4.79 Å². The summed E-state index contributed by atoms with van der Waals surface area (Å²) in [6, 6.07) is 7.13. The van der Waals surface area contributed by atoms with Crippen LogP contribution in [0.4, 0.5) is 0 Å². The first-order valence-electron chi connectivity index (χ1n) is 5.73. The average Bonchev–Trinajstić information content (AvgIpc) is 2.42. The standard InChI is InChI=1S/C13H18ClNO3/c1-17-9-3-8-15-13(16)12(14)10-4-6-11(18-2)7-5-10/h4-7,12H,3,8-9H2,1-2H3,(H,15,16). The molecule has 1 atom stereocenters. The predicted molar refractivity (Wildman–Crippen MR) is 71.1 cm³/mol. The van der Waals surface area contributed by atoms with Crippen molar-refractivity contribution in [3.8, 4) is 5.75 Å². The highest BCUT2D eigenvalue weighted by Crippen LogP contribution is 2.22. The second-order valence-corrected chi connectivity index (χ2v) is 4.21. The van der Waals surface area contributed by atoms with Gasteiger partial charge in [0.25, 0.3) is 0 Å². The second kappa shape index (κ2) is 7.95. The Bertz CT molecular complexity index is 367. The van der Waals surface area contributed by atoms with Crippen LogP contribution in [0.2, 0.25) is 0 Å². The summed E-state index contributed by atoms with van der Waals surface area (Å²) < 4.78 is 9.94. The van der Waals surface area contributed by atoms with E-state index in [0.717, 1.165) is 17.7 Å². The number of methoxy groups -OCH3 is 2. The van der Waals surface area contributed by atoms with Crippen molar-refractivity contribution >= 4 is 17.5 Å². The van der Waals surface area contributed by atoms with E-state index >= 15 is 0 Å². The summed E-state index contributed by atoms with van der Waals surface area (Å²) in [5.41, 5.74) is 0.752. The molecule has 4 nitrogen and oxygen atoms in total. The monoisotopic (exact) mass is 271 g/mol. The van der Waals surface area contributed by atoms with Crippen molar-refractivity contribution in [2.45, 2.75) is 11.8 Å². The maximum Gasteiger partial charge on any atom is 0.242 e. The van der Waals surface area contributed by atoms with Crippen LogP contribution in [0.15, 0.2) is 24.3 Å². The van der Waals surface area contributed by atoms with Crippen LogP contribution in [0, 0.1) is 0 Å². The van der Waals surface area contributed by atoms with Crippen molar-refractivity contribution in [2.24, 2.45) is 0 Å². The molecule has 1 aromatic rings. The Balaban J connectivity index is 2.46. The Morgan fingerprint density at radius 2 is 2.00 bits per heavy atom. The molecule has 0 aliphatic heterocycles. The first-order valence-corrected chi connectivity index (χ1v) is 6.17. The van der Waals surface area contributed by atoms with Crippen LogP contribution in [-0.2, 0) is 9.53 Å². The van der Waals surface area contributed by atoms with E-state index in [-0.39, 0.29) is 5.91 Å². The van der Waals surface area contributed by atoms with Crippen molar-refractivity contribution < 1.29 is 14.3 Å². The molecule has 0 saturated carbocycles. The second-order valence-electron chi connectivity index (χ2n) is 3.77. The molecule has 0 spiro atoms. The number of hydrogen-bond acceptors (Lipinski definition) is 3. The minimum atomic E-state index is -0.682. The summed E-state index contributed by atoms with van der Waals surface area (Å²) in [5, 5.41) is 2.08. The van der Waals surface area contributed by atoms with Crippen molar-refractivity contribution in [1.82, 2.24) is 5.32 Å². The number of nitrogens with one attached hydrogen (secondary N) is 1. The minimum absolute atomic E-state index is 0.196. The first kappa shape index (κ1) is 14.8. The zero-order chi connectivity index (χ0) is 13.4. The smallest absolute Gasteiger partial charge is 0.242 e. The number of hydrogen-bond donors (Lipinski definition) is 1. The highest BCUT2D eigenvalue weighted by Gasteiger charge is 2.16. The summed E-state index contributed by atoms with van der Waals surface area (Å²) in [4.78, 5) is 11.7. The Hall–Kier alpha value is -1.26. The van der Waals surface area contributed by atoms with Gasteiger partial charge in [-0.1, -0.05) is 12.1 Å². The van der Waals surface area contributed by atoms with Gasteiger partial charge in [0.05, 0.1) is 7.11 Å². The number of alkyl halides is 1. The number of amides is 1. The van der Waals surface area contributed by atoms with E-state index < -0.39 is 5.38 Å². The van der Waals surface area contributed by atoms with Gasteiger partial charge in [-0.2, -0.15) is 0 Å². The molecule has 1 unspecified atom stereocenters. The molecule has 100 valence electrons. The summed E-state index contributed by atoms with van der Waals surface area (Å²) in [6.45, 7) is 1.18. The molecule has 1 amide bonds. The fourth-order valence-corrected chi connectivity index (χ4v) is 1.66. The van der Waals surface area contributed by atoms with E-state index in [4.69, 9.17) is 21.1 Å². The molecule has 0 bridgehead atoms. The van der Waals surface area contributed by atoms with Gasteiger partial charge < -0.3 is 14.8 Å². The molecule has 1 aromatic carbocycles. The lowest BCUT2D eigenvalue weighted by Gasteiger charge is -2.11. The van der Waals surface area contributed by atoms with Crippen molar-refractivity contribution in [3.63, 3.8) is 0 Å². The van der Waals surface area contributed by atoms with Crippen LogP contribution < -0.4 is 10.1 Å². The molecule has 0 aromatic heterocycles. The Kier molecular flexibility index (Phi) is 6.54. The Morgan fingerprint density at radius 1 is 1.33 bits per heavy atom. The highest BCUT2D eigenvalue weighted by molar-refractivity contribution is 6.30. The molecular weight excluding hydrogens is 254 g/mol. The molecule has 5 heteroatoms. The lowest BCUT2D eigenvalue weighted by Crippen LogP contribution is -2.28. The summed E-state index contributed by atoms with van der Waals surface area (Å²) in [7, 11) is 3.22. The third kappa shape index (κ3) is 4.55. The van der Waals surface area contributed by atoms with E-state index in [9.17, 15) is 4.79 Å². The highest BCUT2D eigenvalue weighted by atomic mass is 35.5. The number of carbonyl (C=O) groups is 1. The normalized spacial score (nSPS) is 11.9. The largest absolute Gasteiger partial charge is 0.497 e. The average molecular weight is 272 g/mol. The quantitative estimate of drug-likeness (QED) is 0.610. The third-order valence-electron chi connectivity index (χ3n) is 2.46. The van der Waals surface area contributed by atoms with Gasteiger partial charge in [-0.15, -0.1) is 11.6 Å². The molecule has 0 heterocycles. The van der Waals surface area contributed by atoms with Crippen LogP contribution in [0.5, 0.6) is 5.75 Å². The minimum Gasteiger partial charge on any atom is -0.497 e. The van der Waals surface area contributed by atoms with Crippen LogP contribution in [-0.4, -0.2) is 33.3 Å². The van der Waals surface area contributed by atoms with Crippen LogP contribution in [0.25, 0.3) is 0 Å². The maximum absolute atomic E-state index is 11.7. The summed E-state index contributed by atoms with van der Waals surface area (Å²) >= 11 is 6.08. The van der Waals surface area contributed by atoms with E-state index in [1.54, 1.807) is 38.5 Å². The van der Waals surface area contributed by atoms with E-state index in [1.807, 2.05) is 0 Å². The van der Waals surface area contributed by atoms with Crippen LogP contribution in [0.1, 0.15) is 17.4 Å². The van der Waals surface area contributed by atoms with Crippen molar-refractivity contribution in [1.29, 1.82) is 0 Å². The molecule has 0 radical (unpaired) electrons. The van der Waals surface area contributed by atoms with Gasteiger partial charge in [0.2, 0.25) is 5.91 Å². The van der Waals surface area contributed by atoms with Gasteiger partial charge in [0.1, 0.15) is 11.1 Å².